The predicted octanol–water partition coefficient (Wildman–Crippen LogP) is 4.04. The third kappa shape index (κ3) is 6.47. The van der Waals surface area contributed by atoms with Crippen molar-refractivity contribution in [2.24, 2.45) is 0 Å². The minimum atomic E-state index is 0.154. The molecule has 1 rings (SSSR count). The molecule has 94 valence electrons. The fourth-order valence-electron chi connectivity index (χ4n) is 1.65. The number of hydrogen-bond acceptors (Lipinski definition) is 1. The summed E-state index contributed by atoms with van der Waals surface area (Å²) in [6.07, 6.45) is 5.23. The maximum atomic E-state index is 11.5. The van der Waals surface area contributed by atoms with Crippen molar-refractivity contribution in [1.29, 1.82) is 0 Å². The zero-order chi connectivity index (χ0) is 12.5. The number of nitrogens with one attached hydrogen (secondary N) is 1. The molecule has 0 radical (unpaired) electrons. The van der Waals surface area contributed by atoms with Gasteiger partial charge in [-0.25, -0.2) is 0 Å². The van der Waals surface area contributed by atoms with Gasteiger partial charge in [0.05, 0.1) is 0 Å². The van der Waals surface area contributed by atoms with E-state index in [0.29, 0.717) is 13.0 Å². The van der Waals surface area contributed by atoms with Crippen molar-refractivity contribution in [3.8, 4) is 0 Å². The van der Waals surface area contributed by atoms with Gasteiger partial charge in [-0.1, -0.05) is 54.2 Å². The number of unbranched alkanes of at least 4 members (excludes halogenated alkanes) is 3. The van der Waals surface area contributed by atoms with E-state index in [1.807, 2.05) is 24.3 Å². The maximum absolute atomic E-state index is 11.5. The smallest absolute Gasteiger partial charge is 0.220 e. The maximum Gasteiger partial charge on any atom is 0.220 e. The lowest BCUT2D eigenvalue weighted by Gasteiger charge is -2.05. The summed E-state index contributed by atoms with van der Waals surface area (Å²) >= 11 is 3.42. The van der Waals surface area contributed by atoms with Gasteiger partial charge in [0, 0.05) is 17.4 Å². The SMILES string of the molecule is CCCCCCC(=O)NCc1cccc(Br)c1. The molecule has 0 saturated carbocycles. The molecule has 0 fully saturated rings. The van der Waals surface area contributed by atoms with Crippen LogP contribution in [0.4, 0.5) is 0 Å². The van der Waals surface area contributed by atoms with E-state index in [9.17, 15) is 4.79 Å². The first kappa shape index (κ1) is 14.2. The Labute approximate surface area is 112 Å². The number of rotatable bonds is 7. The van der Waals surface area contributed by atoms with Crippen LogP contribution in [-0.2, 0) is 11.3 Å². The van der Waals surface area contributed by atoms with Crippen LogP contribution in [0.2, 0.25) is 0 Å². The van der Waals surface area contributed by atoms with Crippen molar-refractivity contribution in [3.63, 3.8) is 0 Å². The van der Waals surface area contributed by atoms with E-state index in [1.165, 1.54) is 12.8 Å². The summed E-state index contributed by atoms with van der Waals surface area (Å²) in [5.74, 6) is 0.154. The number of carbonyl (C=O) groups excluding carboxylic acids is 1. The highest BCUT2D eigenvalue weighted by Crippen LogP contribution is 2.11. The Morgan fingerprint density at radius 3 is 2.82 bits per heavy atom. The number of halogens is 1. The summed E-state index contributed by atoms with van der Waals surface area (Å²) in [6, 6.07) is 8.00. The molecule has 0 bridgehead atoms. The van der Waals surface area contributed by atoms with E-state index in [4.69, 9.17) is 0 Å². The van der Waals surface area contributed by atoms with Crippen molar-refractivity contribution in [2.75, 3.05) is 0 Å². The molecular formula is C14H20BrNO. The molecule has 2 nitrogen and oxygen atoms in total. The van der Waals surface area contributed by atoms with Crippen LogP contribution in [0.5, 0.6) is 0 Å². The van der Waals surface area contributed by atoms with Crippen LogP contribution < -0.4 is 5.32 Å². The quantitative estimate of drug-likeness (QED) is 0.756. The third-order valence-electron chi connectivity index (χ3n) is 2.64. The van der Waals surface area contributed by atoms with Crippen LogP contribution in [0.25, 0.3) is 0 Å². The van der Waals surface area contributed by atoms with Gasteiger partial charge in [-0.3, -0.25) is 4.79 Å². The van der Waals surface area contributed by atoms with Crippen molar-refractivity contribution < 1.29 is 4.79 Å². The lowest BCUT2D eigenvalue weighted by molar-refractivity contribution is -0.121. The van der Waals surface area contributed by atoms with Crippen molar-refractivity contribution >= 4 is 21.8 Å². The summed E-state index contributed by atoms with van der Waals surface area (Å²) in [5.41, 5.74) is 1.13. The lowest BCUT2D eigenvalue weighted by Crippen LogP contribution is -2.22. The van der Waals surface area contributed by atoms with Gasteiger partial charge < -0.3 is 5.32 Å². The molecule has 0 aliphatic heterocycles. The highest BCUT2D eigenvalue weighted by Gasteiger charge is 2.01. The lowest BCUT2D eigenvalue weighted by atomic mass is 10.1. The summed E-state index contributed by atoms with van der Waals surface area (Å²) < 4.78 is 1.05. The van der Waals surface area contributed by atoms with Crippen molar-refractivity contribution in [1.82, 2.24) is 5.32 Å². The van der Waals surface area contributed by atoms with Crippen LogP contribution in [0.1, 0.15) is 44.6 Å². The van der Waals surface area contributed by atoms with E-state index in [0.717, 1.165) is 22.9 Å². The second-order valence-electron chi connectivity index (χ2n) is 4.22. The minimum absolute atomic E-state index is 0.154. The molecule has 0 spiro atoms. The largest absolute Gasteiger partial charge is 0.352 e. The van der Waals surface area contributed by atoms with Crippen molar-refractivity contribution in [2.45, 2.75) is 45.6 Å². The van der Waals surface area contributed by atoms with Gasteiger partial charge in [0.2, 0.25) is 5.91 Å². The number of carbonyl (C=O) groups is 1. The number of benzene rings is 1. The summed E-state index contributed by atoms with van der Waals surface area (Å²) in [4.78, 5) is 11.5. The molecule has 0 heterocycles. The van der Waals surface area contributed by atoms with Crippen LogP contribution in [-0.4, -0.2) is 5.91 Å². The van der Waals surface area contributed by atoms with E-state index in [1.54, 1.807) is 0 Å². The van der Waals surface area contributed by atoms with Gasteiger partial charge in [-0.05, 0) is 24.1 Å². The first-order valence-electron chi connectivity index (χ1n) is 6.23. The van der Waals surface area contributed by atoms with E-state index >= 15 is 0 Å². The zero-order valence-electron chi connectivity index (χ0n) is 10.3. The van der Waals surface area contributed by atoms with Gasteiger partial charge in [-0.2, -0.15) is 0 Å². The standard InChI is InChI=1S/C14H20BrNO/c1-2-3-4-5-9-14(17)16-11-12-7-6-8-13(15)10-12/h6-8,10H,2-5,9,11H2,1H3,(H,16,17). The Balaban J connectivity index is 2.19. The molecule has 0 aromatic heterocycles. The Bertz CT molecular complexity index is 352. The first-order chi connectivity index (χ1) is 8.22. The van der Waals surface area contributed by atoms with Gasteiger partial charge in [-0.15, -0.1) is 0 Å². The van der Waals surface area contributed by atoms with Gasteiger partial charge in [0.15, 0.2) is 0 Å². The number of amides is 1. The second-order valence-corrected chi connectivity index (χ2v) is 5.13. The molecule has 0 saturated heterocycles. The van der Waals surface area contributed by atoms with E-state index < -0.39 is 0 Å². The Hall–Kier alpha value is -0.830. The topological polar surface area (TPSA) is 29.1 Å². The van der Waals surface area contributed by atoms with Crippen LogP contribution in [0, 0.1) is 0 Å². The second kappa shape index (κ2) is 8.29. The average Bonchev–Trinajstić information content (AvgIpc) is 2.32. The average molecular weight is 298 g/mol. The Morgan fingerprint density at radius 2 is 2.12 bits per heavy atom. The first-order valence-corrected chi connectivity index (χ1v) is 7.03. The monoisotopic (exact) mass is 297 g/mol. The van der Waals surface area contributed by atoms with E-state index in [-0.39, 0.29) is 5.91 Å². The van der Waals surface area contributed by atoms with Crippen LogP contribution in [0.15, 0.2) is 28.7 Å². The van der Waals surface area contributed by atoms with Crippen LogP contribution in [0.3, 0.4) is 0 Å². The molecule has 1 N–H and O–H groups in total. The molecule has 3 heteroatoms. The molecule has 0 aliphatic rings. The molecular weight excluding hydrogens is 278 g/mol. The number of hydrogen-bond donors (Lipinski definition) is 1. The van der Waals surface area contributed by atoms with Crippen molar-refractivity contribution in [3.05, 3.63) is 34.3 Å². The zero-order valence-corrected chi connectivity index (χ0v) is 11.9. The Morgan fingerprint density at radius 1 is 1.29 bits per heavy atom. The Kier molecular flexibility index (Phi) is 6.94. The summed E-state index contributed by atoms with van der Waals surface area (Å²) in [6.45, 7) is 2.79. The highest BCUT2D eigenvalue weighted by molar-refractivity contribution is 9.10. The van der Waals surface area contributed by atoms with Gasteiger partial charge >= 0.3 is 0 Å². The molecule has 0 unspecified atom stereocenters. The fraction of sp³-hybridized carbons (Fsp3) is 0.500. The highest BCUT2D eigenvalue weighted by atomic mass is 79.9. The molecule has 0 aliphatic carbocycles. The molecule has 1 aromatic carbocycles. The van der Waals surface area contributed by atoms with Gasteiger partial charge in [0.25, 0.3) is 0 Å². The summed E-state index contributed by atoms with van der Waals surface area (Å²) in [5, 5.41) is 2.94. The minimum Gasteiger partial charge on any atom is -0.352 e. The van der Waals surface area contributed by atoms with E-state index in [2.05, 4.69) is 28.2 Å². The molecule has 17 heavy (non-hydrogen) atoms. The molecule has 1 amide bonds. The normalized spacial score (nSPS) is 10.2. The third-order valence-corrected chi connectivity index (χ3v) is 3.13. The molecule has 1 aromatic rings. The van der Waals surface area contributed by atoms with Crippen LogP contribution >= 0.6 is 15.9 Å². The predicted molar refractivity (Wildman–Crippen MR) is 74.7 cm³/mol. The fourth-order valence-corrected chi connectivity index (χ4v) is 2.09. The summed E-state index contributed by atoms with van der Waals surface area (Å²) in [7, 11) is 0. The molecule has 0 atom stereocenters. The van der Waals surface area contributed by atoms with Gasteiger partial charge in [0.1, 0.15) is 0 Å².